The van der Waals surface area contributed by atoms with E-state index in [0.717, 1.165) is 12.8 Å². The highest BCUT2D eigenvalue weighted by molar-refractivity contribution is 5.95. The number of esters is 1. The molecule has 24 heavy (non-hydrogen) atoms. The highest BCUT2D eigenvalue weighted by Gasteiger charge is 2.52. The summed E-state index contributed by atoms with van der Waals surface area (Å²) in [5.41, 5.74) is 0. The average Bonchev–Trinajstić information content (AvgIpc) is 3.26. The first-order chi connectivity index (χ1) is 11.3. The Kier molecular flexibility index (Phi) is 8.39. The third-order valence-electron chi connectivity index (χ3n) is 3.89. The Morgan fingerprint density at radius 2 is 1.75 bits per heavy atom. The summed E-state index contributed by atoms with van der Waals surface area (Å²) in [6.45, 7) is 10.2. The Morgan fingerprint density at radius 3 is 2.29 bits per heavy atom. The lowest BCUT2D eigenvalue weighted by atomic mass is 9.95. The van der Waals surface area contributed by atoms with Crippen LogP contribution in [0.15, 0.2) is 0 Å². The van der Waals surface area contributed by atoms with Gasteiger partial charge < -0.3 is 14.8 Å². The summed E-state index contributed by atoms with van der Waals surface area (Å²) < 4.78 is 9.92. The van der Waals surface area contributed by atoms with Gasteiger partial charge in [-0.3, -0.25) is 9.59 Å². The summed E-state index contributed by atoms with van der Waals surface area (Å²) in [5, 5.41) is 2.75. The Morgan fingerprint density at radius 1 is 1.08 bits per heavy atom. The largest absolute Gasteiger partial charge is 0.464 e. The minimum Gasteiger partial charge on any atom is -0.464 e. The molecule has 138 valence electrons. The standard InChI is InChI=1S/C18H31NO5/c1-6-23-18(22)16-15(24-16)17(21)19-13(10-12(4)5)14(20)9-7-8-11(2)3/h11-13,15-16H,6-10H2,1-5H3,(H,19,21)/t13-,15-,16-/m0/s1. The van der Waals surface area contributed by atoms with Crippen molar-refractivity contribution in [3.63, 3.8) is 0 Å². The predicted octanol–water partition coefficient (Wildman–Crippen LogP) is 2.24. The number of epoxide rings is 1. The van der Waals surface area contributed by atoms with Gasteiger partial charge in [0.15, 0.2) is 18.0 Å². The van der Waals surface area contributed by atoms with Crippen LogP contribution in [0.25, 0.3) is 0 Å². The van der Waals surface area contributed by atoms with Gasteiger partial charge in [-0.1, -0.05) is 34.1 Å². The summed E-state index contributed by atoms with van der Waals surface area (Å²) in [6, 6.07) is -0.517. The van der Waals surface area contributed by atoms with Crippen LogP contribution in [-0.4, -0.2) is 42.5 Å². The highest BCUT2D eigenvalue weighted by Crippen LogP contribution is 2.24. The molecule has 1 rings (SSSR count). The minimum atomic E-state index is -0.833. The summed E-state index contributed by atoms with van der Waals surface area (Å²) in [4.78, 5) is 36.1. The second-order valence-electron chi connectivity index (χ2n) is 7.17. The number of nitrogens with one attached hydrogen (secondary N) is 1. The molecule has 1 amide bonds. The molecule has 1 aliphatic heterocycles. The first-order valence-electron chi connectivity index (χ1n) is 8.91. The zero-order valence-electron chi connectivity index (χ0n) is 15.5. The van der Waals surface area contributed by atoms with E-state index < -0.39 is 30.1 Å². The molecule has 1 heterocycles. The third-order valence-corrected chi connectivity index (χ3v) is 3.89. The normalized spacial score (nSPS) is 20.8. The van der Waals surface area contributed by atoms with Gasteiger partial charge in [0.05, 0.1) is 12.6 Å². The van der Waals surface area contributed by atoms with E-state index in [0.29, 0.717) is 18.8 Å². The Labute approximate surface area is 144 Å². The van der Waals surface area contributed by atoms with Gasteiger partial charge in [0, 0.05) is 6.42 Å². The van der Waals surface area contributed by atoms with Gasteiger partial charge in [-0.05, 0) is 31.6 Å². The molecule has 0 aliphatic carbocycles. The Hall–Kier alpha value is -1.43. The van der Waals surface area contributed by atoms with Crippen molar-refractivity contribution in [3.05, 3.63) is 0 Å². The molecule has 1 aliphatic rings. The van der Waals surface area contributed by atoms with Crippen molar-refractivity contribution < 1.29 is 23.9 Å². The fraction of sp³-hybridized carbons (Fsp3) is 0.833. The Bertz CT molecular complexity index is 447. The molecule has 0 aromatic carbocycles. The van der Waals surface area contributed by atoms with Crippen LogP contribution in [0.3, 0.4) is 0 Å². The van der Waals surface area contributed by atoms with E-state index in [1.54, 1.807) is 6.92 Å². The molecular weight excluding hydrogens is 310 g/mol. The summed E-state index contributed by atoms with van der Waals surface area (Å²) in [6.07, 6.45) is 1.20. The highest BCUT2D eigenvalue weighted by atomic mass is 16.6. The Balaban J connectivity index is 2.52. The molecule has 1 N–H and O–H groups in total. The molecule has 0 spiro atoms. The van der Waals surface area contributed by atoms with Crippen molar-refractivity contribution in [2.45, 2.75) is 78.6 Å². The van der Waals surface area contributed by atoms with Crippen molar-refractivity contribution in [1.82, 2.24) is 5.32 Å². The summed E-state index contributed by atoms with van der Waals surface area (Å²) in [7, 11) is 0. The fourth-order valence-electron chi connectivity index (χ4n) is 2.57. The predicted molar refractivity (Wildman–Crippen MR) is 90.4 cm³/mol. The number of Topliss-reactive ketones (excluding diaryl/α,β-unsaturated/α-hetero) is 1. The molecule has 0 aromatic heterocycles. The molecule has 1 fully saturated rings. The molecule has 6 nitrogen and oxygen atoms in total. The third kappa shape index (κ3) is 6.99. The fourth-order valence-corrected chi connectivity index (χ4v) is 2.57. The van der Waals surface area contributed by atoms with Gasteiger partial charge in [0.2, 0.25) is 0 Å². The van der Waals surface area contributed by atoms with Gasteiger partial charge in [0.25, 0.3) is 5.91 Å². The van der Waals surface area contributed by atoms with Crippen LogP contribution < -0.4 is 5.32 Å². The zero-order valence-corrected chi connectivity index (χ0v) is 15.5. The number of hydrogen-bond donors (Lipinski definition) is 1. The van der Waals surface area contributed by atoms with Crippen LogP contribution in [0, 0.1) is 11.8 Å². The smallest absolute Gasteiger partial charge is 0.338 e. The van der Waals surface area contributed by atoms with Crippen LogP contribution in [0.4, 0.5) is 0 Å². The molecular formula is C18H31NO5. The number of rotatable bonds is 11. The van der Waals surface area contributed by atoms with Gasteiger partial charge >= 0.3 is 5.97 Å². The SMILES string of the molecule is CCOC(=O)[C@H]1O[C@@H]1C(=O)N[C@@H](CC(C)C)C(=O)CCCC(C)C. The van der Waals surface area contributed by atoms with Crippen LogP contribution in [0.2, 0.25) is 0 Å². The van der Waals surface area contributed by atoms with Crippen molar-refractivity contribution in [1.29, 1.82) is 0 Å². The van der Waals surface area contributed by atoms with Gasteiger partial charge in [-0.25, -0.2) is 4.79 Å². The quantitative estimate of drug-likeness (QED) is 0.460. The number of amides is 1. The molecule has 0 bridgehead atoms. The second kappa shape index (κ2) is 9.77. The van der Waals surface area contributed by atoms with E-state index in [4.69, 9.17) is 9.47 Å². The number of carbonyl (C=O) groups is 3. The van der Waals surface area contributed by atoms with Crippen LogP contribution in [-0.2, 0) is 23.9 Å². The summed E-state index contributed by atoms with van der Waals surface area (Å²) >= 11 is 0. The van der Waals surface area contributed by atoms with Gasteiger partial charge in [0.1, 0.15) is 0 Å². The van der Waals surface area contributed by atoms with Crippen molar-refractivity contribution in [2.24, 2.45) is 11.8 Å². The lowest BCUT2D eigenvalue weighted by molar-refractivity contribution is -0.144. The number of carbonyl (C=O) groups excluding carboxylic acids is 3. The molecule has 0 radical (unpaired) electrons. The molecule has 0 unspecified atom stereocenters. The second-order valence-corrected chi connectivity index (χ2v) is 7.17. The topological polar surface area (TPSA) is 85.0 Å². The average molecular weight is 341 g/mol. The molecule has 3 atom stereocenters. The maximum absolute atomic E-state index is 12.4. The minimum absolute atomic E-state index is 0.0473. The maximum atomic E-state index is 12.4. The number of ether oxygens (including phenoxy) is 2. The number of ketones is 1. The van der Waals surface area contributed by atoms with E-state index in [-0.39, 0.29) is 18.3 Å². The lowest BCUT2D eigenvalue weighted by Gasteiger charge is -2.19. The molecule has 6 heteroatoms. The van der Waals surface area contributed by atoms with Crippen molar-refractivity contribution in [2.75, 3.05) is 6.61 Å². The summed E-state index contributed by atoms with van der Waals surface area (Å²) in [5.74, 6) is -0.0465. The zero-order chi connectivity index (χ0) is 18.3. The van der Waals surface area contributed by atoms with Crippen LogP contribution >= 0.6 is 0 Å². The van der Waals surface area contributed by atoms with E-state index in [1.165, 1.54) is 0 Å². The first kappa shape index (κ1) is 20.6. The lowest BCUT2D eigenvalue weighted by Crippen LogP contribution is -2.44. The van der Waals surface area contributed by atoms with E-state index in [9.17, 15) is 14.4 Å². The van der Waals surface area contributed by atoms with Crippen molar-refractivity contribution in [3.8, 4) is 0 Å². The van der Waals surface area contributed by atoms with E-state index >= 15 is 0 Å². The number of hydrogen-bond acceptors (Lipinski definition) is 5. The maximum Gasteiger partial charge on any atom is 0.338 e. The van der Waals surface area contributed by atoms with Crippen LogP contribution in [0.5, 0.6) is 0 Å². The molecule has 1 saturated heterocycles. The van der Waals surface area contributed by atoms with E-state index in [2.05, 4.69) is 19.2 Å². The van der Waals surface area contributed by atoms with Crippen LogP contribution in [0.1, 0.15) is 60.3 Å². The van der Waals surface area contributed by atoms with Gasteiger partial charge in [-0.2, -0.15) is 0 Å². The molecule has 0 aromatic rings. The molecule has 0 saturated carbocycles. The monoisotopic (exact) mass is 341 g/mol. The first-order valence-corrected chi connectivity index (χ1v) is 8.91. The van der Waals surface area contributed by atoms with Gasteiger partial charge in [-0.15, -0.1) is 0 Å². The van der Waals surface area contributed by atoms with E-state index in [1.807, 2.05) is 13.8 Å². The van der Waals surface area contributed by atoms with Crippen molar-refractivity contribution >= 4 is 17.7 Å².